The number of aromatic nitrogens is 3. The molecule has 232 valence electrons. The van der Waals surface area contributed by atoms with Crippen molar-refractivity contribution < 1.29 is 15.0 Å². The number of hydrogen-bond donors (Lipinski definition) is 2. The summed E-state index contributed by atoms with van der Waals surface area (Å²) in [6.07, 6.45) is -0.279. The highest BCUT2D eigenvalue weighted by Gasteiger charge is 2.41. The molecule has 2 heterocycles. The number of aromatic hydroxyl groups is 1. The second kappa shape index (κ2) is 10.8. The van der Waals surface area contributed by atoms with E-state index < -0.39 is 11.6 Å². The molecule has 6 rings (SSSR count). The number of phenols is 1. The lowest BCUT2D eigenvalue weighted by molar-refractivity contribution is 0.0936. The van der Waals surface area contributed by atoms with E-state index in [0.29, 0.717) is 32.4 Å². The largest absolute Gasteiger partial charge is 0.505 e. The van der Waals surface area contributed by atoms with Gasteiger partial charge in [-0.1, -0.05) is 119 Å². The molecule has 1 aromatic heterocycles. The minimum atomic E-state index is -1.19. The highest BCUT2D eigenvalue weighted by atomic mass is 79.9. The molecule has 1 aliphatic rings. The molecule has 0 aliphatic carbocycles. The van der Waals surface area contributed by atoms with Gasteiger partial charge in [0.25, 0.3) is 5.91 Å². The Labute approximate surface area is 272 Å². The molecular formula is C37H39BrN4O3. The van der Waals surface area contributed by atoms with Crippen LogP contribution in [-0.2, 0) is 10.8 Å². The zero-order valence-electron chi connectivity index (χ0n) is 26.8. The van der Waals surface area contributed by atoms with E-state index in [4.69, 9.17) is 10.2 Å². The van der Waals surface area contributed by atoms with Gasteiger partial charge in [-0.05, 0) is 52.6 Å². The molecule has 4 aromatic carbocycles. The lowest BCUT2D eigenvalue weighted by Gasteiger charge is -2.35. The van der Waals surface area contributed by atoms with Gasteiger partial charge in [0.2, 0.25) is 0 Å². The van der Waals surface area contributed by atoms with Gasteiger partial charge >= 0.3 is 0 Å². The van der Waals surface area contributed by atoms with E-state index in [1.807, 2.05) is 42.5 Å². The highest BCUT2D eigenvalue weighted by molar-refractivity contribution is 9.10. The minimum Gasteiger partial charge on any atom is -0.505 e. The molecule has 8 heteroatoms. The molecule has 0 fully saturated rings. The van der Waals surface area contributed by atoms with Crippen molar-refractivity contribution in [2.24, 2.45) is 5.41 Å². The number of halogens is 1. The van der Waals surface area contributed by atoms with E-state index in [0.717, 1.165) is 23.1 Å². The monoisotopic (exact) mass is 666 g/mol. The second-order valence-electron chi connectivity index (χ2n) is 14.4. The molecule has 1 amide bonds. The quantitative estimate of drug-likeness (QED) is 0.189. The highest BCUT2D eigenvalue weighted by Crippen LogP contribution is 2.46. The van der Waals surface area contributed by atoms with Crippen LogP contribution in [0.25, 0.3) is 16.7 Å². The number of aliphatic hydroxyl groups excluding tert-OH is 1. The van der Waals surface area contributed by atoms with Crippen LogP contribution in [0, 0.1) is 5.41 Å². The molecule has 0 saturated heterocycles. The van der Waals surface area contributed by atoms with E-state index in [1.54, 1.807) is 18.2 Å². The van der Waals surface area contributed by atoms with E-state index in [1.165, 1.54) is 9.70 Å². The molecule has 1 atom stereocenters. The molecule has 5 aromatic rings. The lowest BCUT2D eigenvalue weighted by Crippen LogP contribution is -2.27. The SMILES string of the molecule is CC(C)(C)CC(C)(C)c1cc(-n2nc3cc(Br)c4c(c3n2)C(=O)N(c2ccccc2)C4O)c(O)c(C(C)(C)c2ccccc2)c1. The fourth-order valence-electron chi connectivity index (χ4n) is 6.90. The summed E-state index contributed by atoms with van der Waals surface area (Å²) in [5.74, 6) is -0.287. The molecule has 0 bridgehead atoms. The number of benzene rings is 4. The van der Waals surface area contributed by atoms with Crippen LogP contribution in [0.5, 0.6) is 5.75 Å². The zero-order valence-corrected chi connectivity index (χ0v) is 28.3. The number of nitrogens with zero attached hydrogens (tertiary/aromatic N) is 4. The van der Waals surface area contributed by atoms with Crippen molar-refractivity contribution in [2.45, 2.75) is 71.9 Å². The minimum absolute atomic E-state index is 0.0634. The van der Waals surface area contributed by atoms with Crippen molar-refractivity contribution >= 4 is 38.6 Å². The number of amides is 1. The first-order valence-corrected chi connectivity index (χ1v) is 16.0. The molecule has 7 nitrogen and oxygen atoms in total. The number of anilines is 1. The predicted octanol–water partition coefficient (Wildman–Crippen LogP) is 8.58. The zero-order chi connectivity index (χ0) is 32.5. The number of aliphatic hydroxyl groups is 1. The summed E-state index contributed by atoms with van der Waals surface area (Å²) < 4.78 is 0.562. The number of para-hydroxylation sites is 1. The maximum atomic E-state index is 13.9. The molecule has 1 unspecified atom stereocenters. The van der Waals surface area contributed by atoms with Crippen LogP contribution < -0.4 is 4.90 Å². The first-order valence-electron chi connectivity index (χ1n) is 15.2. The number of carbonyl (C=O) groups excluding carboxylic acids is 1. The standard InChI is InChI=1S/C37H39BrN4O3/c1-35(2,3)21-36(4,5)23-18-25(37(6,7)22-14-10-8-11-15-22)32(43)28(19-23)42-39-27-20-26(38)29-30(31(27)40-42)34(45)41(33(29)44)24-16-12-9-13-17-24/h8-20,33,43-44H,21H2,1-7H3. The third-order valence-electron chi connectivity index (χ3n) is 8.86. The number of phenolic OH excluding ortho intramolecular Hbond substituents is 1. The average Bonchev–Trinajstić information content (AvgIpc) is 3.50. The smallest absolute Gasteiger partial charge is 0.263 e. The Morgan fingerprint density at radius 3 is 2.09 bits per heavy atom. The van der Waals surface area contributed by atoms with Gasteiger partial charge in [0.1, 0.15) is 22.5 Å². The van der Waals surface area contributed by atoms with Crippen LogP contribution in [0.4, 0.5) is 5.69 Å². The maximum absolute atomic E-state index is 13.9. The van der Waals surface area contributed by atoms with Crippen molar-refractivity contribution in [1.82, 2.24) is 15.0 Å². The van der Waals surface area contributed by atoms with Gasteiger partial charge < -0.3 is 10.2 Å². The first-order chi connectivity index (χ1) is 21.1. The fraction of sp³-hybridized carbons (Fsp3) is 0.324. The van der Waals surface area contributed by atoms with Crippen LogP contribution in [0.15, 0.2) is 83.3 Å². The van der Waals surface area contributed by atoms with Gasteiger partial charge in [0.05, 0.1) is 5.56 Å². The van der Waals surface area contributed by atoms with Gasteiger partial charge in [-0.25, -0.2) is 0 Å². The Morgan fingerprint density at radius 1 is 0.844 bits per heavy atom. The normalized spacial score (nSPS) is 15.6. The first kappa shape index (κ1) is 31.0. The van der Waals surface area contributed by atoms with Gasteiger partial charge in [-0.15, -0.1) is 15.0 Å². The molecule has 0 spiro atoms. The van der Waals surface area contributed by atoms with Crippen LogP contribution in [0.3, 0.4) is 0 Å². The van der Waals surface area contributed by atoms with Gasteiger partial charge in [0, 0.05) is 26.7 Å². The van der Waals surface area contributed by atoms with Gasteiger partial charge in [0.15, 0.2) is 6.23 Å². The molecule has 2 N–H and O–H groups in total. The Balaban J connectivity index is 1.57. The molecular weight excluding hydrogens is 628 g/mol. The third-order valence-corrected chi connectivity index (χ3v) is 9.52. The maximum Gasteiger partial charge on any atom is 0.263 e. The number of rotatable bonds is 6. The third kappa shape index (κ3) is 5.34. The summed E-state index contributed by atoms with van der Waals surface area (Å²) >= 11 is 3.58. The molecule has 0 radical (unpaired) electrons. The predicted molar refractivity (Wildman–Crippen MR) is 182 cm³/mol. The Hall–Kier alpha value is -4.01. The molecule has 0 saturated carbocycles. The summed E-state index contributed by atoms with van der Waals surface area (Å²) in [5.41, 5.74) is 4.74. The van der Waals surface area contributed by atoms with Crippen molar-refractivity contribution in [2.75, 3.05) is 4.90 Å². The average molecular weight is 668 g/mol. The van der Waals surface area contributed by atoms with Crippen LogP contribution in [0.2, 0.25) is 0 Å². The van der Waals surface area contributed by atoms with Crippen LogP contribution in [0.1, 0.15) is 93.7 Å². The molecule has 1 aliphatic heterocycles. The van der Waals surface area contributed by atoms with Crippen LogP contribution in [-0.4, -0.2) is 31.1 Å². The van der Waals surface area contributed by atoms with E-state index >= 15 is 0 Å². The number of hydrogen-bond acceptors (Lipinski definition) is 5. The summed E-state index contributed by atoms with van der Waals surface area (Å²) in [4.78, 5) is 16.7. The van der Waals surface area contributed by atoms with E-state index in [2.05, 4.69) is 82.6 Å². The van der Waals surface area contributed by atoms with E-state index in [9.17, 15) is 15.0 Å². The Morgan fingerprint density at radius 2 is 1.47 bits per heavy atom. The summed E-state index contributed by atoms with van der Waals surface area (Å²) in [6.45, 7) is 15.4. The topological polar surface area (TPSA) is 91.5 Å². The number of fused-ring (bicyclic) bond motifs is 3. The van der Waals surface area contributed by atoms with Crippen molar-refractivity contribution in [1.29, 1.82) is 0 Å². The van der Waals surface area contributed by atoms with Crippen molar-refractivity contribution in [3.8, 4) is 11.4 Å². The summed E-state index contributed by atoms with van der Waals surface area (Å²) in [7, 11) is 0. The lowest BCUT2D eigenvalue weighted by atomic mass is 9.70. The number of carbonyl (C=O) groups is 1. The fourth-order valence-corrected chi connectivity index (χ4v) is 7.52. The summed E-state index contributed by atoms with van der Waals surface area (Å²) in [6, 6.07) is 25.1. The van der Waals surface area contributed by atoms with Gasteiger partial charge in [-0.2, -0.15) is 0 Å². The van der Waals surface area contributed by atoms with Crippen molar-refractivity contribution in [3.63, 3.8) is 0 Å². The van der Waals surface area contributed by atoms with Crippen LogP contribution >= 0.6 is 15.9 Å². The van der Waals surface area contributed by atoms with Gasteiger partial charge in [-0.3, -0.25) is 9.69 Å². The summed E-state index contributed by atoms with van der Waals surface area (Å²) in [5, 5.41) is 32.9. The van der Waals surface area contributed by atoms with Crippen molar-refractivity contribution in [3.05, 3.63) is 111 Å². The van der Waals surface area contributed by atoms with E-state index in [-0.39, 0.29) is 28.1 Å². The Kier molecular flexibility index (Phi) is 7.45. The molecule has 45 heavy (non-hydrogen) atoms. The second-order valence-corrected chi connectivity index (χ2v) is 15.2. The Bertz CT molecular complexity index is 1920.